The third kappa shape index (κ3) is 2.78. The fourth-order valence-electron chi connectivity index (χ4n) is 3.25. The van der Waals surface area contributed by atoms with Gasteiger partial charge in [-0.25, -0.2) is 0 Å². The molecule has 5 nitrogen and oxygen atoms in total. The molecule has 7 heteroatoms. The van der Waals surface area contributed by atoms with Crippen LogP contribution in [0, 0.1) is 11.3 Å². The van der Waals surface area contributed by atoms with E-state index in [2.05, 4.69) is 22.0 Å². The van der Waals surface area contributed by atoms with Crippen molar-refractivity contribution in [1.82, 2.24) is 0 Å². The monoisotopic (exact) mass is 440 g/mol. The molecule has 0 fully saturated rings. The van der Waals surface area contributed by atoms with Gasteiger partial charge in [0.2, 0.25) is 10.6 Å². The molecule has 1 aliphatic heterocycles. The Morgan fingerprint density at radius 2 is 2.07 bits per heavy atom. The smallest absolute Gasteiger partial charge is 0.240 e. The van der Waals surface area contributed by atoms with Gasteiger partial charge in [-0.15, -0.1) is 0 Å². The predicted octanol–water partition coefficient (Wildman–Crippen LogP) is 4.25. The summed E-state index contributed by atoms with van der Waals surface area (Å²) < 4.78 is 12.5. The Morgan fingerprint density at radius 3 is 2.81 bits per heavy atom. The summed E-state index contributed by atoms with van der Waals surface area (Å²) in [4.78, 5) is 13.0. The molecule has 0 unspecified atom stereocenters. The highest BCUT2D eigenvalue weighted by Gasteiger charge is 2.35. The number of benzene rings is 2. The fraction of sp³-hybridized carbons (Fsp3) is 0.100. The van der Waals surface area contributed by atoms with Gasteiger partial charge in [0, 0.05) is 14.6 Å². The van der Waals surface area contributed by atoms with E-state index in [1.807, 2.05) is 30.3 Å². The molecule has 0 bridgehead atoms. The third-order valence-corrected chi connectivity index (χ3v) is 6.19. The summed E-state index contributed by atoms with van der Waals surface area (Å²) >= 11 is 4.66. The molecular formula is C20H13BrN2O3S. The van der Waals surface area contributed by atoms with E-state index in [0.717, 1.165) is 31.5 Å². The molecule has 1 atom stereocenters. The Morgan fingerprint density at radius 1 is 1.30 bits per heavy atom. The lowest BCUT2D eigenvalue weighted by molar-refractivity contribution is 0.397. The van der Waals surface area contributed by atoms with Crippen LogP contribution >= 0.6 is 27.3 Å². The van der Waals surface area contributed by atoms with E-state index < -0.39 is 5.92 Å². The van der Waals surface area contributed by atoms with Crippen LogP contribution in [0.25, 0.3) is 10.1 Å². The van der Waals surface area contributed by atoms with Gasteiger partial charge in [0.15, 0.2) is 0 Å². The van der Waals surface area contributed by atoms with E-state index in [9.17, 15) is 10.1 Å². The maximum atomic E-state index is 13.0. The van der Waals surface area contributed by atoms with Crippen molar-refractivity contribution in [3.63, 3.8) is 0 Å². The number of methoxy groups -OCH3 is 1. The molecule has 2 heterocycles. The Balaban J connectivity index is 2.10. The van der Waals surface area contributed by atoms with Crippen molar-refractivity contribution in [1.29, 1.82) is 5.26 Å². The molecular weight excluding hydrogens is 428 g/mol. The van der Waals surface area contributed by atoms with Crippen molar-refractivity contribution < 1.29 is 9.47 Å². The van der Waals surface area contributed by atoms with Gasteiger partial charge in [-0.05, 0) is 35.9 Å². The number of allylic oxidation sites excluding steroid dienone is 1. The minimum Gasteiger partial charge on any atom is -0.497 e. The van der Waals surface area contributed by atoms with Crippen LogP contribution in [0.3, 0.4) is 0 Å². The molecule has 27 heavy (non-hydrogen) atoms. The normalized spacial score (nSPS) is 15.8. The number of nitrogens with two attached hydrogens (primary N) is 1. The summed E-state index contributed by atoms with van der Waals surface area (Å²) in [6.45, 7) is 0. The highest BCUT2D eigenvalue weighted by atomic mass is 79.9. The van der Waals surface area contributed by atoms with Crippen LogP contribution in [0.5, 0.6) is 11.5 Å². The molecule has 1 aromatic heterocycles. The second kappa shape index (κ2) is 6.72. The predicted molar refractivity (Wildman–Crippen MR) is 108 cm³/mol. The average molecular weight is 441 g/mol. The van der Waals surface area contributed by atoms with E-state index in [0.29, 0.717) is 17.1 Å². The highest BCUT2D eigenvalue weighted by molar-refractivity contribution is 9.10. The van der Waals surface area contributed by atoms with Crippen LogP contribution in [-0.4, -0.2) is 7.11 Å². The van der Waals surface area contributed by atoms with Crippen molar-refractivity contribution in [2.75, 3.05) is 7.11 Å². The molecule has 2 N–H and O–H groups in total. The Labute approximate surface area is 167 Å². The first-order chi connectivity index (χ1) is 13.0. The number of nitriles is 1. The summed E-state index contributed by atoms with van der Waals surface area (Å²) in [6.07, 6.45) is 0. The van der Waals surface area contributed by atoms with Crippen molar-refractivity contribution in [3.05, 3.63) is 79.1 Å². The minimum atomic E-state index is -0.642. The first kappa shape index (κ1) is 17.6. The van der Waals surface area contributed by atoms with Gasteiger partial charge in [0.1, 0.15) is 23.1 Å². The molecule has 0 radical (unpaired) electrons. The lowest BCUT2D eigenvalue weighted by Gasteiger charge is -2.27. The van der Waals surface area contributed by atoms with E-state index >= 15 is 0 Å². The largest absolute Gasteiger partial charge is 0.497 e. The summed E-state index contributed by atoms with van der Waals surface area (Å²) in [5, 5.41) is 10.5. The van der Waals surface area contributed by atoms with Crippen LogP contribution in [-0.2, 0) is 0 Å². The molecule has 0 spiro atoms. The quantitative estimate of drug-likeness (QED) is 0.643. The number of rotatable bonds is 2. The van der Waals surface area contributed by atoms with E-state index in [-0.39, 0.29) is 16.2 Å². The summed E-state index contributed by atoms with van der Waals surface area (Å²) in [7, 11) is 1.56. The van der Waals surface area contributed by atoms with Gasteiger partial charge < -0.3 is 15.2 Å². The van der Waals surface area contributed by atoms with Crippen LogP contribution in [0.4, 0.5) is 0 Å². The lowest BCUT2D eigenvalue weighted by Crippen LogP contribution is -2.25. The molecule has 1 aliphatic rings. The lowest BCUT2D eigenvalue weighted by atomic mass is 9.84. The Bertz CT molecular complexity index is 1210. The standard InChI is InChI=1S/C20H13BrN2O3S/c1-25-10-6-7-14(21)12(8-10)16-13(9-22)19(23)26-18-11-4-2-3-5-15(11)27-20(24)17(16)18/h2-8,16H,23H2,1H3/t16-/m0/s1. The van der Waals surface area contributed by atoms with Gasteiger partial charge in [-0.3, -0.25) is 4.79 Å². The fourth-order valence-corrected chi connectivity index (χ4v) is 4.66. The molecule has 134 valence electrons. The molecule has 0 aliphatic carbocycles. The van der Waals surface area contributed by atoms with Crippen molar-refractivity contribution in [3.8, 4) is 17.6 Å². The summed E-state index contributed by atoms with van der Waals surface area (Å²) in [6, 6.07) is 15.0. The molecule has 2 aromatic carbocycles. The molecule has 0 saturated carbocycles. The zero-order chi connectivity index (χ0) is 19.1. The number of halogens is 1. The van der Waals surface area contributed by atoms with Crippen LogP contribution in [0.1, 0.15) is 17.0 Å². The zero-order valence-electron chi connectivity index (χ0n) is 14.2. The zero-order valence-corrected chi connectivity index (χ0v) is 16.6. The van der Waals surface area contributed by atoms with Crippen molar-refractivity contribution >= 4 is 37.4 Å². The maximum Gasteiger partial charge on any atom is 0.240 e. The van der Waals surface area contributed by atoms with Gasteiger partial charge in [-0.2, -0.15) is 5.26 Å². The SMILES string of the molecule is COc1ccc(Br)c([C@H]2C(C#N)=C(N)Oc3c2c(=O)sc2ccccc32)c1. The van der Waals surface area contributed by atoms with Gasteiger partial charge in [0.05, 0.1) is 18.6 Å². The number of hydrogen-bond acceptors (Lipinski definition) is 6. The van der Waals surface area contributed by atoms with Crippen molar-refractivity contribution in [2.24, 2.45) is 5.73 Å². The topological polar surface area (TPSA) is 85.3 Å². The number of hydrogen-bond donors (Lipinski definition) is 1. The van der Waals surface area contributed by atoms with Crippen LogP contribution in [0.2, 0.25) is 0 Å². The van der Waals surface area contributed by atoms with E-state index in [1.54, 1.807) is 19.2 Å². The number of ether oxygens (including phenoxy) is 2. The second-order valence-corrected chi connectivity index (χ2v) is 7.81. The van der Waals surface area contributed by atoms with Crippen LogP contribution in [0.15, 0.2) is 63.2 Å². The van der Waals surface area contributed by atoms with E-state index in [4.69, 9.17) is 15.2 Å². The number of fused-ring (bicyclic) bond motifs is 3. The molecule has 4 rings (SSSR count). The Kier molecular flexibility index (Phi) is 4.38. The maximum absolute atomic E-state index is 13.0. The highest BCUT2D eigenvalue weighted by Crippen LogP contribution is 2.46. The first-order valence-electron chi connectivity index (χ1n) is 8.02. The Hall–Kier alpha value is -2.82. The number of nitrogens with zero attached hydrogens (tertiary/aromatic N) is 1. The van der Waals surface area contributed by atoms with Crippen LogP contribution < -0.4 is 19.9 Å². The first-order valence-corrected chi connectivity index (χ1v) is 9.63. The minimum absolute atomic E-state index is 0.00507. The average Bonchev–Trinajstić information content (AvgIpc) is 2.67. The summed E-state index contributed by atoms with van der Waals surface area (Å²) in [5.74, 6) is 0.390. The van der Waals surface area contributed by atoms with Gasteiger partial charge >= 0.3 is 0 Å². The second-order valence-electron chi connectivity index (χ2n) is 5.94. The molecule has 0 amide bonds. The molecule has 0 saturated heterocycles. The van der Waals surface area contributed by atoms with E-state index in [1.165, 1.54) is 0 Å². The van der Waals surface area contributed by atoms with Gasteiger partial charge in [0.25, 0.3) is 0 Å². The summed E-state index contributed by atoms with van der Waals surface area (Å²) in [5.41, 5.74) is 7.42. The van der Waals surface area contributed by atoms with Crippen molar-refractivity contribution in [2.45, 2.75) is 5.92 Å². The molecule has 3 aromatic rings. The third-order valence-electron chi connectivity index (χ3n) is 4.49. The van der Waals surface area contributed by atoms with Gasteiger partial charge in [-0.1, -0.05) is 39.4 Å².